The van der Waals surface area contributed by atoms with E-state index in [4.69, 9.17) is 10.5 Å². The van der Waals surface area contributed by atoms with Gasteiger partial charge in [0.1, 0.15) is 24.1 Å². The summed E-state index contributed by atoms with van der Waals surface area (Å²) in [7, 11) is 0. The zero-order valence-electron chi connectivity index (χ0n) is 12.1. The molecule has 5 N–H and O–H groups in total. The van der Waals surface area contributed by atoms with Gasteiger partial charge in [0, 0.05) is 12.1 Å². The lowest BCUT2D eigenvalue weighted by Gasteiger charge is -2.38. The maximum atomic E-state index is 12.3. The van der Waals surface area contributed by atoms with E-state index in [0.717, 1.165) is 25.7 Å². The van der Waals surface area contributed by atoms with Crippen LogP contribution in [-0.4, -0.2) is 49.8 Å². The topological polar surface area (TPSA) is 131 Å². The van der Waals surface area contributed by atoms with Gasteiger partial charge in [-0.25, -0.2) is 4.79 Å². The zero-order chi connectivity index (χ0) is 15.9. The maximum Gasteiger partial charge on any atom is 0.351 e. The summed E-state index contributed by atoms with van der Waals surface area (Å²) in [6.45, 7) is -0.441. The smallest absolute Gasteiger partial charge is 0.351 e. The van der Waals surface area contributed by atoms with Crippen LogP contribution in [0.4, 0.5) is 5.82 Å². The van der Waals surface area contributed by atoms with Gasteiger partial charge in [-0.1, -0.05) is 12.8 Å². The molecule has 2 aliphatic rings. The van der Waals surface area contributed by atoms with Crippen LogP contribution in [0.1, 0.15) is 25.7 Å². The number of aromatic nitrogens is 2. The number of nitrogen functional groups attached to an aromatic ring is 1. The fourth-order valence-electron chi connectivity index (χ4n) is 3.73. The van der Waals surface area contributed by atoms with Gasteiger partial charge in [-0.3, -0.25) is 4.57 Å². The third-order valence-corrected chi connectivity index (χ3v) is 4.79. The van der Waals surface area contributed by atoms with E-state index in [2.05, 4.69) is 4.98 Å². The van der Waals surface area contributed by atoms with Gasteiger partial charge < -0.3 is 25.8 Å². The number of nitrogens with two attached hydrogens (primary N) is 1. The molecule has 4 atom stereocenters. The van der Waals surface area contributed by atoms with E-state index in [1.165, 1.54) is 16.8 Å². The summed E-state index contributed by atoms with van der Waals surface area (Å²) in [5.41, 5.74) is 3.46. The van der Waals surface area contributed by atoms with Crippen LogP contribution in [0, 0.1) is 5.92 Å². The lowest BCUT2D eigenvalue weighted by molar-refractivity contribution is -0.184. The molecule has 2 heterocycles. The molecule has 1 aliphatic carbocycles. The summed E-state index contributed by atoms with van der Waals surface area (Å²) in [6, 6.07) is 1.45. The van der Waals surface area contributed by atoms with Crippen molar-refractivity contribution in [3.05, 3.63) is 22.7 Å². The molecule has 22 heavy (non-hydrogen) atoms. The van der Waals surface area contributed by atoms with Crippen LogP contribution in [0.2, 0.25) is 0 Å². The first-order valence-corrected chi connectivity index (χ1v) is 7.51. The molecule has 1 aromatic heterocycles. The second-order valence-corrected chi connectivity index (χ2v) is 6.01. The molecule has 8 heteroatoms. The Morgan fingerprint density at radius 3 is 2.64 bits per heavy atom. The van der Waals surface area contributed by atoms with Gasteiger partial charge >= 0.3 is 5.69 Å². The summed E-state index contributed by atoms with van der Waals surface area (Å²) >= 11 is 0. The third kappa shape index (κ3) is 2.14. The van der Waals surface area contributed by atoms with Crippen LogP contribution in [0.3, 0.4) is 0 Å². The average Bonchev–Trinajstić information content (AvgIpc) is 3.10. The Morgan fingerprint density at radius 2 is 2.09 bits per heavy atom. The molecule has 2 fully saturated rings. The standard InChI is InChI=1S/C14H21N3O5/c15-10-5-6-17(13(21)16-10)14(8-3-1-2-4-8)12(20)11(19)9(7-18)22-14/h5-6,8-9,11-12,18-20H,1-4,7H2,(H2,15,16,21)/t9-,11-,12-,14-/m1/s1. The van der Waals surface area contributed by atoms with E-state index in [1.54, 1.807) is 0 Å². The first-order valence-electron chi connectivity index (χ1n) is 7.51. The highest BCUT2D eigenvalue weighted by Crippen LogP contribution is 2.47. The lowest BCUT2D eigenvalue weighted by atomic mass is 9.87. The molecule has 1 saturated carbocycles. The summed E-state index contributed by atoms with van der Waals surface area (Å²) in [4.78, 5) is 16.0. The monoisotopic (exact) mass is 311 g/mol. The van der Waals surface area contributed by atoms with Crippen molar-refractivity contribution in [1.82, 2.24) is 9.55 Å². The number of aliphatic hydroxyl groups excluding tert-OH is 3. The first-order chi connectivity index (χ1) is 10.5. The van der Waals surface area contributed by atoms with Gasteiger partial charge in [0.15, 0.2) is 5.72 Å². The lowest BCUT2D eigenvalue weighted by Crippen LogP contribution is -2.54. The van der Waals surface area contributed by atoms with Crippen molar-refractivity contribution in [2.75, 3.05) is 12.3 Å². The number of aliphatic hydroxyl groups is 3. The molecule has 122 valence electrons. The molecular weight excluding hydrogens is 290 g/mol. The highest BCUT2D eigenvalue weighted by atomic mass is 16.6. The minimum atomic E-state index is -1.42. The second kappa shape index (κ2) is 5.62. The van der Waals surface area contributed by atoms with E-state index >= 15 is 0 Å². The fourth-order valence-corrected chi connectivity index (χ4v) is 3.73. The van der Waals surface area contributed by atoms with Gasteiger partial charge in [0.25, 0.3) is 0 Å². The molecule has 0 amide bonds. The van der Waals surface area contributed by atoms with Crippen molar-refractivity contribution < 1.29 is 20.1 Å². The van der Waals surface area contributed by atoms with Gasteiger partial charge in [0.2, 0.25) is 0 Å². The van der Waals surface area contributed by atoms with Gasteiger partial charge in [-0.15, -0.1) is 0 Å². The summed E-state index contributed by atoms with van der Waals surface area (Å²) in [6.07, 6.45) is 1.33. The number of nitrogens with zero attached hydrogens (tertiary/aromatic N) is 2. The molecule has 0 aromatic carbocycles. The molecule has 0 unspecified atom stereocenters. The van der Waals surface area contributed by atoms with E-state index in [1.807, 2.05) is 0 Å². The fraction of sp³-hybridized carbons (Fsp3) is 0.714. The molecule has 1 saturated heterocycles. The number of rotatable bonds is 3. The Bertz CT molecular complexity index is 600. The Labute approximate surface area is 127 Å². The van der Waals surface area contributed by atoms with E-state index in [0.29, 0.717) is 0 Å². The van der Waals surface area contributed by atoms with Crippen molar-refractivity contribution in [3.63, 3.8) is 0 Å². The minimum absolute atomic E-state index is 0.0783. The normalized spacial score (nSPS) is 36.0. The summed E-state index contributed by atoms with van der Waals surface area (Å²) < 4.78 is 7.06. The Hall–Kier alpha value is -1.48. The Balaban J connectivity index is 2.13. The average molecular weight is 311 g/mol. The van der Waals surface area contributed by atoms with Gasteiger partial charge in [0.05, 0.1) is 6.61 Å². The number of ether oxygens (including phenoxy) is 1. The SMILES string of the molecule is Nc1ccn([C@]2(C3CCCC3)O[C@H](CO)[C@@H](O)[C@H]2O)c(=O)n1. The van der Waals surface area contributed by atoms with Gasteiger partial charge in [-0.2, -0.15) is 4.98 Å². The summed E-state index contributed by atoms with van der Waals surface area (Å²) in [5, 5.41) is 30.1. The Kier molecular flexibility index (Phi) is 3.94. The molecule has 8 nitrogen and oxygen atoms in total. The van der Waals surface area contributed by atoms with Crippen LogP contribution in [0.5, 0.6) is 0 Å². The second-order valence-electron chi connectivity index (χ2n) is 6.01. The molecule has 3 rings (SSSR count). The zero-order valence-corrected chi connectivity index (χ0v) is 12.1. The molecule has 1 aliphatic heterocycles. The third-order valence-electron chi connectivity index (χ3n) is 4.79. The van der Waals surface area contributed by atoms with E-state index < -0.39 is 36.3 Å². The van der Waals surface area contributed by atoms with Gasteiger partial charge in [-0.05, 0) is 18.9 Å². The maximum absolute atomic E-state index is 12.3. The highest BCUT2D eigenvalue weighted by molar-refractivity contribution is 5.24. The van der Waals surface area contributed by atoms with Crippen LogP contribution in [0.25, 0.3) is 0 Å². The quantitative estimate of drug-likeness (QED) is 0.550. The molecule has 1 aromatic rings. The predicted molar refractivity (Wildman–Crippen MR) is 76.8 cm³/mol. The summed E-state index contributed by atoms with van der Waals surface area (Å²) in [5.74, 6) is -0.0635. The first kappa shape index (κ1) is 15.4. The van der Waals surface area contributed by atoms with Crippen molar-refractivity contribution in [2.24, 2.45) is 5.92 Å². The van der Waals surface area contributed by atoms with Crippen molar-refractivity contribution >= 4 is 5.82 Å². The predicted octanol–water partition coefficient (Wildman–Crippen LogP) is -1.22. The van der Waals surface area contributed by atoms with E-state index in [-0.39, 0.29) is 11.7 Å². The molecule has 0 radical (unpaired) electrons. The Morgan fingerprint density at radius 1 is 1.41 bits per heavy atom. The number of hydrogen-bond acceptors (Lipinski definition) is 7. The van der Waals surface area contributed by atoms with Crippen LogP contribution >= 0.6 is 0 Å². The van der Waals surface area contributed by atoms with Crippen molar-refractivity contribution in [1.29, 1.82) is 0 Å². The number of anilines is 1. The molecule has 0 bridgehead atoms. The van der Waals surface area contributed by atoms with Crippen LogP contribution < -0.4 is 11.4 Å². The van der Waals surface area contributed by atoms with E-state index in [9.17, 15) is 20.1 Å². The van der Waals surface area contributed by atoms with Crippen LogP contribution in [0.15, 0.2) is 17.1 Å². The van der Waals surface area contributed by atoms with Crippen molar-refractivity contribution in [2.45, 2.75) is 49.7 Å². The highest BCUT2D eigenvalue weighted by Gasteiger charge is 2.59. The minimum Gasteiger partial charge on any atom is -0.394 e. The largest absolute Gasteiger partial charge is 0.394 e. The molecule has 0 spiro atoms. The molecular formula is C14H21N3O5. The number of hydrogen-bond donors (Lipinski definition) is 4. The van der Waals surface area contributed by atoms with Crippen LogP contribution in [-0.2, 0) is 10.5 Å². The van der Waals surface area contributed by atoms with Crippen molar-refractivity contribution in [3.8, 4) is 0 Å².